The molecule has 22 heavy (non-hydrogen) atoms. The quantitative estimate of drug-likeness (QED) is 0.915. The Morgan fingerprint density at radius 3 is 2.45 bits per heavy atom. The van der Waals surface area contributed by atoms with Crippen molar-refractivity contribution in [3.63, 3.8) is 0 Å². The minimum Gasteiger partial charge on any atom is -0.481 e. The fraction of sp³-hybridized carbons (Fsp3) is 0.533. The van der Waals surface area contributed by atoms with Crippen LogP contribution in [0.2, 0.25) is 0 Å². The van der Waals surface area contributed by atoms with E-state index in [1.807, 2.05) is 0 Å². The van der Waals surface area contributed by atoms with E-state index >= 15 is 0 Å². The Kier molecular flexibility index (Phi) is 3.55. The highest BCUT2D eigenvalue weighted by Gasteiger charge is 2.45. The average Bonchev–Trinajstić information content (AvgIpc) is 2.93. The van der Waals surface area contributed by atoms with Crippen molar-refractivity contribution in [2.45, 2.75) is 42.4 Å². The summed E-state index contributed by atoms with van der Waals surface area (Å²) in [6.45, 7) is -0.0542. The van der Waals surface area contributed by atoms with Crippen LogP contribution >= 0.6 is 0 Å². The van der Waals surface area contributed by atoms with Crippen LogP contribution in [0.3, 0.4) is 0 Å². The molecule has 0 radical (unpaired) electrons. The molecule has 1 aliphatic carbocycles. The average molecular weight is 326 g/mol. The lowest BCUT2D eigenvalue weighted by Gasteiger charge is -2.35. The van der Waals surface area contributed by atoms with Crippen LogP contribution in [0.25, 0.3) is 0 Å². The van der Waals surface area contributed by atoms with Crippen LogP contribution in [0.4, 0.5) is 0 Å². The van der Waals surface area contributed by atoms with Gasteiger partial charge in [0.15, 0.2) is 21.3 Å². The van der Waals surface area contributed by atoms with Crippen LogP contribution in [0.1, 0.15) is 37.7 Å². The molecule has 1 aromatic carbocycles. The van der Waals surface area contributed by atoms with Crippen LogP contribution in [0.15, 0.2) is 17.0 Å². The van der Waals surface area contributed by atoms with Crippen molar-refractivity contribution in [3.8, 4) is 11.5 Å². The minimum absolute atomic E-state index is 0.0354. The van der Waals surface area contributed by atoms with E-state index in [1.54, 1.807) is 12.1 Å². The second kappa shape index (κ2) is 5.15. The van der Waals surface area contributed by atoms with E-state index in [9.17, 15) is 18.3 Å². The molecule has 1 saturated carbocycles. The normalized spacial score (nSPS) is 19.9. The van der Waals surface area contributed by atoms with Gasteiger partial charge in [-0.3, -0.25) is 4.79 Å². The zero-order valence-corrected chi connectivity index (χ0v) is 13.1. The number of fused-ring (bicyclic) bond motifs is 1. The molecule has 0 spiro atoms. The monoisotopic (exact) mass is 326 g/mol. The van der Waals surface area contributed by atoms with Gasteiger partial charge in [-0.25, -0.2) is 8.42 Å². The summed E-state index contributed by atoms with van der Waals surface area (Å²) in [5.74, 6) is -0.484. The van der Waals surface area contributed by atoms with Crippen molar-refractivity contribution < 1.29 is 27.8 Å². The Balaban J connectivity index is 2.28. The Morgan fingerprint density at radius 1 is 1.18 bits per heavy atom. The molecule has 0 atom stereocenters. The summed E-state index contributed by atoms with van der Waals surface area (Å²) < 4.78 is 35.1. The van der Waals surface area contributed by atoms with Crippen molar-refractivity contribution in [1.29, 1.82) is 0 Å². The Hall–Kier alpha value is -1.76. The fourth-order valence-electron chi connectivity index (χ4n) is 3.45. The number of ether oxygens (including phenoxy) is 2. The van der Waals surface area contributed by atoms with Gasteiger partial charge in [0.2, 0.25) is 6.79 Å². The smallest absolute Gasteiger partial charge is 0.314 e. The third-order valence-electron chi connectivity index (χ3n) is 4.50. The van der Waals surface area contributed by atoms with Gasteiger partial charge < -0.3 is 14.6 Å². The lowest BCUT2D eigenvalue weighted by molar-refractivity contribution is -0.145. The number of rotatable bonds is 3. The number of carboxylic acids is 1. The van der Waals surface area contributed by atoms with E-state index in [4.69, 9.17) is 9.47 Å². The molecule has 120 valence electrons. The van der Waals surface area contributed by atoms with Crippen molar-refractivity contribution in [3.05, 3.63) is 17.7 Å². The van der Waals surface area contributed by atoms with E-state index in [0.29, 0.717) is 24.2 Å². The Bertz CT molecular complexity index is 716. The van der Waals surface area contributed by atoms with Crippen molar-refractivity contribution >= 4 is 15.8 Å². The lowest BCUT2D eigenvalue weighted by atomic mass is 9.69. The maximum Gasteiger partial charge on any atom is 0.314 e. The molecule has 0 aromatic heterocycles. The molecule has 6 nitrogen and oxygen atoms in total. The molecule has 1 aliphatic heterocycles. The van der Waals surface area contributed by atoms with E-state index in [-0.39, 0.29) is 17.4 Å². The van der Waals surface area contributed by atoms with Gasteiger partial charge in [-0.15, -0.1) is 0 Å². The first-order chi connectivity index (χ1) is 10.4. The van der Waals surface area contributed by atoms with Gasteiger partial charge >= 0.3 is 5.97 Å². The van der Waals surface area contributed by atoms with Gasteiger partial charge in [-0.2, -0.15) is 0 Å². The maximum atomic E-state index is 12.3. The zero-order chi connectivity index (χ0) is 16.0. The molecule has 0 saturated heterocycles. The van der Waals surface area contributed by atoms with Crippen LogP contribution in [-0.2, 0) is 20.0 Å². The van der Waals surface area contributed by atoms with Gasteiger partial charge in [0.1, 0.15) is 4.90 Å². The summed E-state index contributed by atoms with van der Waals surface area (Å²) in [5.41, 5.74) is -0.844. The molecule has 0 bridgehead atoms. The van der Waals surface area contributed by atoms with Gasteiger partial charge in [-0.05, 0) is 24.5 Å². The van der Waals surface area contributed by atoms with Crippen LogP contribution in [0, 0.1) is 0 Å². The molecule has 2 aliphatic rings. The van der Waals surface area contributed by atoms with Crippen molar-refractivity contribution in [2.75, 3.05) is 13.0 Å². The highest BCUT2D eigenvalue weighted by atomic mass is 32.2. The summed E-state index contributed by atoms with van der Waals surface area (Å²) in [6, 6.07) is 3.18. The highest BCUT2D eigenvalue weighted by Crippen LogP contribution is 2.48. The first kappa shape index (κ1) is 15.1. The lowest BCUT2D eigenvalue weighted by Crippen LogP contribution is -2.39. The predicted octanol–water partition coefficient (Wildman–Crippen LogP) is 2.11. The molecule has 1 fully saturated rings. The third-order valence-corrected chi connectivity index (χ3v) is 5.64. The molecule has 1 aromatic rings. The molecular weight excluding hydrogens is 308 g/mol. The summed E-state index contributed by atoms with van der Waals surface area (Å²) in [5, 5.41) is 9.81. The number of hydrogen-bond acceptors (Lipinski definition) is 5. The van der Waals surface area contributed by atoms with Gasteiger partial charge in [0, 0.05) is 6.26 Å². The summed E-state index contributed by atoms with van der Waals surface area (Å²) in [6.07, 6.45) is 4.45. The second-order valence-electron chi connectivity index (χ2n) is 5.90. The van der Waals surface area contributed by atoms with Crippen LogP contribution in [0.5, 0.6) is 11.5 Å². The van der Waals surface area contributed by atoms with Crippen LogP contribution in [-0.4, -0.2) is 32.5 Å². The Morgan fingerprint density at radius 2 is 1.86 bits per heavy atom. The van der Waals surface area contributed by atoms with E-state index in [1.165, 1.54) is 0 Å². The largest absolute Gasteiger partial charge is 0.481 e. The number of carboxylic acid groups (broad SMARTS) is 1. The third kappa shape index (κ3) is 2.24. The van der Waals surface area contributed by atoms with Crippen molar-refractivity contribution in [2.24, 2.45) is 0 Å². The van der Waals surface area contributed by atoms with Crippen LogP contribution < -0.4 is 9.47 Å². The summed E-state index contributed by atoms with van der Waals surface area (Å²) in [7, 11) is -3.65. The number of carbonyl (C=O) groups is 1. The standard InChI is InChI=1S/C15H18O6S/c1-22(18,19)13-10(5-6-11-12(13)21-9-20-11)15(14(16)17)7-3-2-4-8-15/h5-6H,2-4,7-9H2,1H3,(H,16,17). The van der Waals surface area contributed by atoms with Crippen molar-refractivity contribution in [1.82, 2.24) is 0 Å². The molecule has 0 unspecified atom stereocenters. The molecule has 1 heterocycles. The molecule has 3 rings (SSSR count). The molecule has 0 amide bonds. The van der Waals surface area contributed by atoms with Gasteiger partial charge in [-0.1, -0.05) is 25.3 Å². The topological polar surface area (TPSA) is 89.9 Å². The first-order valence-electron chi connectivity index (χ1n) is 7.23. The zero-order valence-electron chi connectivity index (χ0n) is 12.3. The summed E-state index contributed by atoms with van der Waals surface area (Å²) >= 11 is 0. The fourth-order valence-corrected chi connectivity index (χ4v) is 4.60. The summed E-state index contributed by atoms with van der Waals surface area (Å²) in [4.78, 5) is 12.0. The van der Waals surface area contributed by atoms with E-state index < -0.39 is 21.2 Å². The van der Waals surface area contributed by atoms with E-state index in [2.05, 4.69) is 0 Å². The minimum atomic E-state index is -3.65. The van der Waals surface area contributed by atoms with Gasteiger partial charge in [0.05, 0.1) is 5.41 Å². The van der Waals surface area contributed by atoms with E-state index in [0.717, 1.165) is 25.5 Å². The Labute approximate surface area is 129 Å². The maximum absolute atomic E-state index is 12.3. The number of benzene rings is 1. The first-order valence-corrected chi connectivity index (χ1v) is 9.12. The molecule has 1 N–H and O–H groups in total. The predicted molar refractivity (Wildman–Crippen MR) is 78.1 cm³/mol. The highest BCUT2D eigenvalue weighted by molar-refractivity contribution is 7.90. The van der Waals surface area contributed by atoms with Gasteiger partial charge in [0.25, 0.3) is 0 Å². The molecule has 7 heteroatoms. The number of sulfone groups is 1. The number of aliphatic carboxylic acids is 1. The second-order valence-corrected chi connectivity index (χ2v) is 7.85. The number of hydrogen-bond donors (Lipinski definition) is 1. The SMILES string of the molecule is CS(=O)(=O)c1c(C2(C(=O)O)CCCCC2)ccc2c1OCO2. The molecular formula is C15H18O6S.